The van der Waals surface area contributed by atoms with Gasteiger partial charge in [0.15, 0.2) is 5.78 Å². The number of hydrogen-bond donors (Lipinski definition) is 0. The standard InChI is InChI=1S/C12H12O/c1-7-6-11(13)10-5-3-8-2-4-9(7)12(8)10/h2-6,8-10,12H,1H3. The highest BCUT2D eigenvalue weighted by atomic mass is 16.1. The van der Waals surface area contributed by atoms with E-state index in [9.17, 15) is 4.79 Å². The van der Waals surface area contributed by atoms with Gasteiger partial charge in [0, 0.05) is 11.8 Å². The molecule has 3 aliphatic rings. The first-order chi connectivity index (χ1) is 6.27. The topological polar surface area (TPSA) is 17.1 Å². The predicted octanol–water partition coefficient (Wildman–Crippen LogP) is 2.12. The first-order valence-electron chi connectivity index (χ1n) is 4.86. The zero-order chi connectivity index (χ0) is 9.00. The molecule has 0 heterocycles. The lowest BCUT2D eigenvalue weighted by Gasteiger charge is -2.29. The van der Waals surface area contributed by atoms with Gasteiger partial charge in [-0.15, -0.1) is 0 Å². The largest absolute Gasteiger partial charge is 0.294 e. The summed E-state index contributed by atoms with van der Waals surface area (Å²) >= 11 is 0. The quantitative estimate of drug-likeness (QED) is 0.511. The van der Waals surface area contributed by atoms with Gasteiger partial charge in [-0.3, -0.25) is 4.79 Å². The van der Waals surface area contributed by atoms with E-state index in [0.717, 1.165) is 0 Å². The Hall–Kier alpha value is -1.11. The molecule has 1 nitrogen and oxygen atoms in total. The molecule has 0 saturated carbocycles. The van der Waals surface area contributed by atoms with E-state index in [1.165, 1.54) is 5.57 Å². The minimum atomic E-state index is 0.175. The third kappa shape index (κ3) is 0.796. The van der Waals surface area contributed by atoms with Crippen LogP contribution in [0.3, 0.4) is 0 Å². The van der Waals surface area contributed by atoms with E-state index in [0.29, 0.717) is 23.5 Å². The maximum atomic E-state index is 11.6. The van der Waals surface area contributed by atoms with Gasteiger partial charge in [-0.1, -0.05) is 29.9 Å². The van der Waals surface area contributed by atoms with E-state index < -0.39 is 0 Å². The smallest absolute Gasteiger partial charge is 0.162 e. The van der Waals surface area contributed by atoms with E-state index in [1.54, 1.807) is 0 Å². The van der Waals surface area contributed by atoms with Gasteiger partial charge in [0.2, 0.25) is 0 Å². The van der Waals surface area contributed by atoms with Crippen LogP contribution in [0.2, 0.25) is 0 Å². The second kappa shape index (κ2) is 2.22. The monoisotopic (exact) mass is 172 g/mol. The lowest BCUT2D eigenvalue weighted by atomic mass is 9.73. The molecule has 0 aromatic carbocycles. The van der Waals surface area contributed by atoms with Gasteiger partial charge in [-0.2, -0.15) is 0 Å². The van der Waals surface area contributed by atoms with E-state index >= 15 is 0 Å². The number of carbonyl (C=O) groups is 1. The molecular weight excluding hydrogens is 160 g/mol. The molecule has 4 atom stereocenters. The third-order valence-electron chi connectivity index (χ3n) is 3.58. The summed E-state index contributed by atoms with van der Waals surface area (Å²) in [4.78, 5) is 11.6. The maximum Gasteiger partial charge on any atom is 0.162 e. The van der Waals surface area contributed by atoms with Gasteiger partial charge in [-0.25, -0.2) is 0 Å². The Kier molecular flexibility index (Phi) is 1.25. The van der Waals surface area contributed by atoms with Crippen molar-refractivity contribution >= 4 is 5.78 Å². The highest BCUT2D eigenvalue weighted by Crippen LogP contribution is 2.48. The van der Waals surface area contributed by atoms with Crippen LogP contribution in [0, 0.1) is 23.7 Å². The third-order valence-corrected chi connectivity index (χ3v) is 3.58. The molecule has 0 aliphatic heterocycles. The molecule has 66 valence electrons. The van der Waals surface area contributed by atoms with Crippen LogP contribution < -0.4 is 0 Å². The molecule has 0 radical (unpaired) electrons. The first-order valence-corrected chi connectivity index (χ1v) is 4.86. The predicted molar refractivity (Wildman–Crippen MR) is 51.0 cm³/mol. The van der Waals surface area contributed by atoms with Gasteiger partial charge in [0.1, 0.15) is 0 Å². The van der Waals surface area contributed by atoms with Gasteiger partial charge >= 0.3 is 0 Å². The Bertz CT molecular complexity index is 359. The summed E-state index contributed by atoms with van der Waals surface area (Å²) in [6, 6.07) is 0. The Balaban J connectivity index is 2.12. The lowest BCUT2D eigenvalue weighted by Crippen LogP contribution is -2.29. The number of hydrogen-bond acceptors (Lipinski definition) is 1. The molecule has 4 unspecified atom stereocenters. The van der Waals surface area contributed by atoms with Gasteiger partial charge in [-0.05, 0) is 24.8 Å². The zero-order valence-corrected chi connectivity index (χ0v) is 7.60. The molecule has 0 spiro atoms. The van der Waals surface area contributed by atoms with Crippen LogP contribution in [0.1, 0.15) is 6.92 Å². The van der Waals surface area contributed by atoms with Crippen LogP contribution >= 0.6 is 0 Å². The fraction of sp³-hybridized carbons (Fsp3) is 0.417. The number of ketones is 1. The highest BCUT2D eigenvalue weighted by Gasteiger charge is 2.44. The van der Waals surface area contributed by atoms with Crippen molar-refractivity contribution in [3.05, 3.63) is 36.0 Å². The molecule has 0 amide bonds. The van der Waals surface area contributed by atoms with E-state index in [1.807, 2.05) is 6.08 Å². The van der Waals surface area contributed by atoms with E-state index in [-0.39, 0.29) is 5.92 Å². The fourth-order valence-corrected chi connectivity index (χ4v) is 2.93. The van der Waals surface area contributed by atoms with Gasteiger partial charge in [0.25, 0.3) is 0 Å². The van der Waals surface area contributed by atoms with Crippen molar-refractivity contribution in [1.82, 2.24) is 0 Å². The van der Waals surface area contributed by atoms with Gasteiger partial charge in [0.05, 0.1) is 0 Å². The van der Waals surface area contributed by atoms with Crippen molar-refractivity contribution in [1.29, 1.82) is 0 Å². The molecular formula is C12H12O. The second-order valence-corrected chi connectivity index (χ2v) is 4.27. The summed E-state index contributed by atoms with van der Waals surface area (Å²) in [5, 5.41) is 0. The van der Waals surface area contributed by atoms with E-state index in [4.69, 9.17) is 0 Å². The molecule has 3 aliphatic carbocycles. The Labute approximate surface area is 77.8 Å². The SMILES string of the molecule is CC1=CC(=O)C2C=CC3C=CC1C32. The van der Waals surface area contributed by atoms with Crippen molar-refractivity contribution in [3.8, 4) is 0 Å². The first kappa shape index (κ1) is 7.31. The van der Waals surface area contributed by atoms with Crippen LogP contribution in [-0.2, 0) is 4.79 Å². The molecule has 0 bridgehead atoms. The molecule has 3 rings (SSSR count). The number of allylic oxidation sites excluding steroid dienone is 6. The minimum Gasteiger partial charge on any atom is -0.294 e. The Morgan fingerprint density at radius 3 is 2.54 bits per heavy atom. The summed E-state index contributed by atoms with van der Waals surface area (Å²) in [5.41, 5.74) is 1.24. The van der Waals surface area contributed by atoms with Crippen molar-refractivity contribution < 1.29 is 4.79 Å². The van der Waals surface area contributed by atoms with Crippen LogP contribution in [0.25, 0.3) is 0 Å². The van der Waals surface area contributed by atoms with Gasteiger partial charge < -0.3 is 0 Å². The lowest BCUT2D eigenvalue weighted by molar-refractivity contribution is -0.119. The molecule has 1 heteroatoms. The normalized spacial score (nSPS) is 45.3. The summed E-state index contributed by atoms with van der Waals surface area (Å²) in [5.74, 6) is 2.07. The minimum absolute atomic E-state index is 0.175. The summed E-state index contributed by atoms with van der Waals surface area (Å²) in [6.07, 6.45) is 10.6. The van der Waals surface area contributed by atoms with Crippen LogP contribution in [0.4, 0.5) is 0 Å². The van der Waals surface area contributed by atoms with Crippen LogP contribution in [0.5, 0.6) is 0 Å². The fourth-order valence-electron chi connectivity index (χ4n) is 2.93. The van der Waals surface area contributed by atoms with E-state index in [2.05, 4.69) is 31.2 Å². The molecule has 0 aromatic rings. The summed E-state index contributed by atoms with van der Waals surface area (Å²) in [7, 11) is 0. The zero-order valence-electron chi connectivity index (χ0n) is 7.60. The maximum absolute atomic E-state index is 11.6. The number of rotatable bonds is 0. The van der Waals surface area contributed by atoms with Crippen molar-refractivity contribution in [2.75, 3.05) is 0 Å². The summed E-state index contributed by atoms with van der Waals surface area (Å²) < 4.78 is 0. The average molecular weight is 172 g/mol. The second-order valence-electron chi connectivity index (χ2n) is 4.27. The summed E-state index contributed by atoms with van der Waals surface area (Å²) in [6.45, 7) is 2.07. The highest BCUT2D eigenvalue weighted by molar-refractivity contribution is 5.95. The number of carbonyl (C=O) groups excluding carboxylic acids is 1. The average Bonchev–Trinajstić information content (AvgIpc) is 2.60. The van der Waals surface area contributed by atoms with Crippen LogP contribution in [0.15, 0.2) is 36.0 Å². The Morgan fingerprint density at radius 1 is 1.08 bits per heavy atom. The van der Waals surface area contributed by atoms with Crippen molar-refractivity contribution in [3.63, 3.8) is 0 Å². The van der Waals surface area contributed by atoms with Crippen molar-refractivity contribution in [2.24, 2.45) is 23.7 Å². The molecule has 0 aromatic heterocycles. The molecule has 0 fully saturated rings. The van der Waals surface area contributed by atoms with Crippen molar-refractivity contribution in [2.45, 2.75) is 6.92 Å². The molecule has 13 heavy (non-hydrogen) atoms. The van der Waals surface area contributed by atoms with Crippen LogP contribution in [-0.4, -0.2) is 5.78 Å². The molecule has 0 N–H and O–H groups in total. The molecule has 0 saturated heterocycles. The Morgan fingerprint density at radius 2 is 1.77 bits per heavy atom.